The van der Waals surface area contributed by atoms with Crippen molar-refractivity contribution in [2.24, 2.45) is 0 Å². The molecule has 0 fully saturated rings. The average Bonchev–Trinajstić information content (AvgIpc) is 2.59. The van der Waals surface area contributed by atoms with Gasteiger partial charge in [-0.1, -0.05) is 52.0 Å². The first-order valence-corrected chi connectivity index (χ1v) is 8.75. The van der Waals surface area contributed by atoms with Gasteiger partial charge in [0.15, 0.2) is 0 Å². The molecule has 4 heteroatoms. The first-order valence-electron chi connectivity index (χ1n) is 8.75. The topological polar surface area (TPSA) is 50.4 Å². The summed E-state index contributed by atoms with van der Waals surface area (Å²) in [4.78, 5) is 11.9. The summed E-state index contributed by atoms with van der Waals surface area (Å²) < 4.78 is 5.66. The number of carbonyl (C=O) groups excluding carboxylic acids is 1. The predicted molar refractivity (Wildman–Crippen MR) is 103 cm³/mol. The fraction of sp³-hybridized carbons (Fsp3) is 0.381. The standard InChI is InChI=1S/C21H28N2O2/c1-5-16-6-10-18(11-7-16)23-20(24)22-14-15-25-19-12-8-17(9-13-19)21(2,3)4/h6-13H,5,14-15H2,1-4H3,(H2,22,23,24). The number of ether oxygens (including phenoxy) is 1. The lowest BCUT2D eigenvalue weighted by atomic mass is 9.87. The summed E-state index contributed by atoms with van der Waals surface area (Å²) in [6.07, 6.45) is 0.987. The van der Waals surface area contributed by atoms with Gasteiger partial charge in [-0.3, -0.25) is 0 Å². The predicted octanol–water partition coefficient (Wildman–Crippen LogP) is 4.75. The van der Waals surface area contributed by atoms with Crippen LogP contribution in [0.3, 0.4) is 0 Å². The van der Waals surface area contributed by atoms with Crippen LogP contribution in [0.2, 0.25) is 0 Å². The number of nitrogens with one attached hydrogen (secondary N) is 2. The molecule has 0 unspecified atom stereocenters. The van der Waals surface area contributed by atoms with E-state index in [2.05, 4.69) is 50.5 Å². The van der Waals surface area contributed by atoms with E-state index in [1.165, 1.54) is 11.1 Å². The molecule has 0 aliphatic heterocycles. The molecule has 0 radical (unpaired) electrons. The SMILES string of the molecule is CCc1ccc(NC(=O)NCCOc2ccc(C(C)(C)C)cc2)cc1. The highest BCUT2D eigenvalue weighted by Crippen LogP contribution is 2.24. The van der Waals surface area contributed by atoms with Crippen molar-refractivity contribution in [3.8, 4) is 5.75 Å². The third kappa shape index (κ3) is 6.14. The van der Waals surface area contributed by atoms with Crippen molar-refractivity contribution < 1.29 is 9.53 Å². The summed E-state index contributed by atoms with van der Waals surface area (Å²) in [6, 6.07) is 15.7. The molecule has 2 aromatic rings. The second-order valence-electron chi connectivity index (χ2n) is 7.05. The highest BCUT2D eigenvalue weighted by Gasteiger charge is 2.12. The van der Waals surface area contributed by atoms with Crippen molar-refractivity contribution >= 4 is 11.7 Å². The van der Waals surface area contributed by atoms with Crippen LogP contribution in [0.4, 0.5) is 10.5 Å². The molecule has 25 heavy (non-hydrogen) atoms. The largest absolute Gasteiger partial charge is 0.492 e. The van der Waals surface area contributed by atoms with Gasteiger partial charge in [0.05, 0.1) is 6.54 Å². The number of carbonyl (C=O) groups is 1. The van der Waals surface area contributed by atoms with Crippen LogP contribution < -0.4 is 15.4 Å². The molecule has 0 aromatic heterocycles. The zero-order valence-corrected chi connectivity index (χ0v) is 15.6. The number of aryl methyl sites for hydroxylation is 1. The lowest BCUT2D eigenvalue weighted by Crippen LogP contribution is -2.32. The van der Waals surface area contributed by atoms with Crippen molar-refractivity contribution in [1.29, 1.82) is 0 Å². The monoisotopic (exact) mass is 340 g/mol. The number of rotatable bonds is 6. The second kappa shape index (κ2) is 8.56. The van der Waals surface area contributed by atoms with Crippen molar-refractivity contribution in [3.05, 3.63) is 59.7 Å². The van der Waals surface area contributed by atoms with Gasteiger partial charge in [0.2, 0.25) is 0 Å². The Morgan fingerprint density at radius 1 is 1.00 bits per heavy atom. The lowest BCUT2D eigenvalue weighted by molar-refractivity contribution is 0.247. The average molecular weight is 340 g/mol. The minimum Gasteiger partial charge on any atom is -0.492 e. The minimum absolute atomic E-state index is 0.132. The van der Waals surface area contributed by atoms with Gasteiger partial charge in [0, 0.05) is 5.69 Å². The third-order valence-corrected chi connectivity index (χ3v) is 4.00. The number of hydrogen-bond donors (Lipinski definition) is 2. The van der Waals surface area contributed by atoms with Gasteiger partial charge in [-0.05, 0) is 47.2 Å². The van der Waals surface area contributed by atoms with Crippen LogP contribution in [0.15, 0.2) is 48.5 Å². The summed E-state index contributed by atoms with van der Waals surface area (Å²) in [6.45, 7) is 9.52. The van der Waals surface area contributed by atoms with Gasteiger partial charge in [-0.15, -0.1) is 0 Å². The molecule has 0 bridgehead atoms. The van der Waals surface area contributed by atoms with Crippen LogP contribution in [0.25, 0.3) is 0 Å². The molecule has 0 atom stereocenters. The molecule has 0 heterocycles. The fourth-order valence-electron chi connectivity index (χ4n) is 2.38. The zero-order valence-electron chi connectivity index (χ0n) is 15.6. The van der Waals surface area contributed by atoms with Gasteiger partial charge in [0.25, 0.3) is 0 Å². The summed E-state index contributed by atoms with van der Waals surface area (Å²) >= 11 is 0. The number of benzene rings is 2. The number of anilines is 1. The minimum atomic E-state index is -0.226. The van der Waals surface area contributed by atoms with Crippen LogP contribution in [0, 0.1) is 0 Å². The Kier molecular flexibility index (Phi) is 6.45. The summed E-state index contributed by atoms with van der Waals surface area (Å²) in [7, 11) is 0. The summed E-state index contributed by atoms with van der Waals surface area (Å²) in [5, 5.41) is 5.60. The first-order chi connectivity index (χ1) is 11.9. The van der Waals surface area contributed by atoms with E-state index in [9.17, 15) is 4.79 Å². The Bertz CT molecular complexity index is 671. The molecule has 134 valence electrons. The second-order valence-corrected chi connectivity index (χ2v) is 7.05. The molecular weight excluding hydrogens is 312 g/mol. The molecule has 0 spiro atoms. The third-order valence-electron chi connectivity index (χ3n) is 4.00. The number of urea groups is 1. The van der Waals surface area contributed by atoms with Crippen molar-refractivity contribution in [2.45, 2.75) is 39.5 Å². The maximum atomic E-state index is 11.9. The van der Waals surface area contributed by atoms with E-state index in [0.717, 1.165) is 17.9 Å². The molecule has 2 N–H and O–H groups in total. The molecule has 4 nitrogen and oxygen atoms in total. The molecule has 0 aliphatic rings. The molecule has 0 aliphatic carbocycles. The molecule has 2 amide bonds. The van der Waals surface area contributed by atoms with E-state index in [1.807, 2.05) is 36.4 Å². The van der Waals surface area contributed by atoms with E-state index < -0.39 is 0 Å². The zero-order chi connectivity index (χ0) is 18.3. The maximum Gasteiger partial charge on any atom is 0.319 e. The van der Waals surface area contributed by atoms with Crippen molar-refractivity contribution in [2.75, 3.05) is 18.5 Å². The van der Waals surface area contributed by atoms with Gasteiger partial charge >= 0.3 is 6.03 Å². The number of amides is 2. The smallest absolute Gasteiger partial charge is 0.319 e. The Morgan fingerprint density at radius 3 is 2.20 bits per heavy atom. The van der Waals surface area contributed by atoms with Crippen LogP contribution in [-0.2, 0) is 11.8 Å². The molecular formula is C21H28N2O2. The Labute approximate surface area is 150 Å². The normalized spacial score (nSPS) is 11.0. The van der Waals surface area contributed by atoms with E-state index in [-0.39, 0.29) is 11.4 Å². The van der Waals surface area contributed by atoms with Gasteiger partial charge < -0.3 is 15.4 Å². The summed E-state index contributed by atoms with van der Waals surface area (Å²) in [5.74, 6) is 0.811. The van der Waals surface area contributed by atoms with Crippen LogP contribution in [0.1, 0.15) is 38.8 Å². The van der Waals surface area contributed by atoms with Gasteiger partial charge in [0.1, 0.15) is 12.4 Å². The maximum absolute atomic E-state index is 11.9. The highest BCUT2D eigenvalue weighted by molar-refractivity contribution is 5.89. The molecule has 2 aromatic carbocycles. The Morgan fingerprint density at radius 2 is 1.64 bits per heavy atom. The van der Waals surface area contributed by atoms with Crippen molar-refractivity contribution in [3.63, 3.8) is 0 Å². The number of hydrogen-bond acceptors (Lipinski definition) is 2. The van der Waals surface area contributed by atoms with Gasteiger partial charge in [-0.25, -0.2) is 4.79 Å². The first kappa shape index (κ1) is 18.8. The van der Waals surface area contributed by atoms with Gasteiger partial charge in [-0.2, -0.15) is 0 Å². The molecule has 0 saturated heterocycles. The van der Waals surface area contributed by atoms with Crippen LogP contribution in [-0.4, -0.2) is 19.2 Å². The lowest BCUT2D eigenvalue weighted by Gasteiger charge is -2.19. The summed E-state index contributed by atoms with van der Waals surface area (Å²) in [5.41, 5.74) is 3.43. The molecule has 0 saturated carbocycles. The van der Waals surface area contributed by atoms with E-state index in [1.54, 1.807) is 0 Å². The van der Waals surface area contributed by atoms with Crippen LogP contribution >= 0.6 is 0 Å². The highest BCUT2D eigenvalue weighted by atomic mass is 16.5. The van der Waals surface area contributed by atoms with E-state index in [4.69, 9.17) is 4.74 Å². The Balaban J connectivity index is 1.70. The Hall–Kier alpha value is -2.49. The van der Waals surface area contributed by atoms with E-state index in [0.29, 0.717) is 13.2 Å². The molecule has 2 rings (SSSR count). The van der Waals surface area contributed by atoms with Crippen molar-refractivity contribution in [1.82, 2.24) is 5.32 Å². The quantitative estimate of drug-likeness (QED) is 0.746. The fourth-order valence-corrected chi connectivity index (χ4v) is 2.38. The van der Waals surface area contributed by atoms with E-state index >= 15 is 0 Å². The van der Waals surface area contributed by atoms with Crippen LogP contribution in [0.5, 0.6) is 5.75 Å².